The summed E-state index contributed by atoms with van der Waals surface area (Å²) in [7, 11) is 0. The number of aromatic nitrogens is 1. The van der Waals surface area contributed by atoms with Gasteiger partial charge in [0.15, 0.2) is 0 Å². The minimum Gasteiger partial charge on any atom is -0.364 e. The van der Waals surface area contributed by atoms with Crippen molar-refractivity contribution in [1.29, 1.82) is 0 Å². The van der Waals surface area contributed by atoms with Crippen LogP contribution in [0.3, 0.4) is 0 Å². The van der Waals surface area contributed by atoms with Crippen molar-refractivity contribution in [1.82, 2.24) is 4.98 Å². The minimum absolute atomic E-state index is 0.0991. The van der Waals surface area contributed by atoms with E-state index in [9.17, 15) is 9.18 Å². The molecule has 2 N–H and O–H groups in total. The van der Waals surface area contributed by atoms with Gasteiger partial charge in [-0.3, -0.25) is 9.78 Å². The summed E-state index contributed by atoms with van der Waals surface area (Å²) in [5, 5.41) is 0.802. The molecule has 14 heavy (non-hydrogen) atoms. The number of pyridine rings is 1. The summed E-state index contributed by atoms with van der Waals surface area (Å²) in [6, 6.07) is 5.97. The second-order valence-electron chi connectivity index (χ2n) is 2.86. The first-order valence-corrected chi connectivity index (χ1v) is 4.03. The SMILES string of the molecule is NC(=O)c1nccc2c(F)cccc12. The lowest BCUT2D eigenvalue weighted by atomic mass is 10.1. The molecule has 0 aliphatic heterocycles. The van der Waals surface area contributed by atoms with Crippen molar-refractivity contribution in [3.05, 3.63) is 42.0 Å². The number of carbonyl (C=O) groups is 1. The van der Waals surface area contributed by atoms with Crippen LogP contribution in [0, 0.1) is 5.82 Å². The largest absolute Gasteiger partial charge is 0.364 e. The molecule has 70 valence electrons. The zero-order valence-electron chi connectivity index (χ0n) is 7.20. The zero-order chi connectivity index (χ0) is 10.1. The van der Waals surface area contributed by atoms with Crippen LogP contribution in [-0.4, -0.2) is 10.9 Å². The van der Waals surface area contributed by atoms with Crippen LogP contribution in [0.1, 0.15) is 10.5 Å². The number of halogens is 1. The molecule has 3 nitrogen and oxygen atoms in total. The Balaban J connectivity index is 2.88. The lowest BCUT2D eigenvalue weighted by Gasteiger charge is -2.01. The fourth-order valence-electron chi connectivity index (χ4n) is 1.37. The van der Waals surface area contributed by atoms with Crippen molar-refractivity contribution < 1.29 is 9.18 Å². The van der Waals surface area contributed by atoms with E-state index in [-0.39, 0.29) is 11.5 Å². The number of carbonyl (C=O) groups excluding carboxylic acids is 1. The molecule has 1 aromatic carbocycles. The summed E-state index contributed by atoms with van der Waals surface area (Å²) in [5.74, 6) is -1.03. The van der Waals surface area contributed by atoms with E-state index in [4.69, 9.17) is 5.73 Å². The monoisotopic (exact) mass is 190 g/mol. The van der Waals surface area contributed by atoms with E-state index < -0.39 is 5.91 Å². The van der Waals surface area contributed by atoms with E-state index in [1.54, 1.807) is 6.07 Å². The van der Waals surface area contributed by atoms with Crippen LogP contribution in [0.25, 0.3) is 10.8 Å². The third-order valence-electron chi connectivity index (χ3n) is 1.99. The fourth-order valence-corrected chi connectivity index (χ4v) is 1.37. The molecular weight excluding hydrogens is 183 g/mol. The molecule has 0 aliphatic carbocycles. The van der Waals surface area contributed by atoms with Gasteiger partial charge < -0.3 is 5.73 Å². The molecule has 0 atom stereocenters. The van der Waals surface area contributed by atoms with Crippen LogP contribution >= 0.6 is 0 Å². The predicted molar refractivity (Wildman–Crippen MR) is 50.2 cm³/mol. The summed E-state index contributed by atoms with van der Waals surface area (Å²) in [5.41, 5.74) is 5.21. The molecule has 1 heterocycles. The van der Waals surface area contributed by atoms with Gasteiger partial charge in [-0.1, -0.05) is 12.1 Å². The topological polar surface area (TPSA) is 56.0 Å². The first-order chi connectivity index (χ1) is 6.70. The number of nitrogens with two attached hydrogens (primary N) is 1. The second-order valence-corrected chi connectivity index (χ2v) is 2.86. The second kappa shape index (κ2) is 3.06. The number of fused-ring (bicyclic) bond motifs is 1. The molecule has 2 aromatic rings. The van der Waals surface area contributed by atoms with Gasteiger partial charge in [0.05, 0.1) is 0 Å². The third kappa shape index (κ3) is 1.21. The highest BCUT2D eigenvalue weighted by Gasteiger charge is 2.09. The Morgan fingerprint density at radius 3 is 2.79 bits per heavy atom. The number of amides is 1. The quantitative estimate of drug-likeness (QED) is 0.740. The molecule has 0 saturated carbocycles. The third-order valence-corrected chi connectivity index (χ3v) is 1.99. The Kier molecular flexibility index (Phi) is 1.89. The average molecular weight is 190 g/mol. The van der Waals surface area contributed by atoms with E-state index in [0.717, 1.165) is 0 Å². The molecule has 0 fully saturated rings. The van der Waals surface area contributed by atoms with E-state index >= 15 is 0 Å². The predicted octanol–water partition coefficient (Wildman–Crippen LogP) is 1.47. The molecule has 0 spiro atoms. The zero-order valence-corrected chi connectivity index (χ0v) is 7.20. The summed E-state index contributed by atoms with van der Waals surface area (Å²) in [6.07, 6.45) is 1.37. The molecule has 0 saturated heterocycles. The van der Waals surface area contributed by atoms with Gasteiger partial charge in [-0.05, 0) is 12.1 Å². The fraction of sp³-hybridized carbons (Fsp3) is 0. The number of primary amides is 1. The number of nitrogens with zero attached hydrogens (tertiary/aromatic N) is 1. The van der Waals surface area contributed by atoms with E-state index in [1.807, 2.05) is 0 Å². The summed E-state index contributed by atoms with van der Waals surface area (Å²) >= 11 is 0. The maximum absolute atomic E-state index is 13.2. The van der Waals surface area contributed by atoms with E-state index in [1.165, 1.54) is 24.4 Å². The molecular formula is C10H7FN2O. The molecule has 0 bridgehead atoms. The van der Waals surface area contributed by atoms with Crippen LogP contribution in [0.5, 0.6) is 0 Å². The Bertz CT molecular complexity index is 510. The molecule has 0 unspecified atom stereocenters. The molecule has 0 aliphatic rings. The van der Waals surface area contributed by atoms with Gasteiger partial charge in [-0.25, -0.2) is 4.39 Å². The number of hydrogen-bond donors (Lipinski definition) is 1. The van der Waals surface area contributed by atoms with Crippen LogP contribution < -0.4 is 5.73 Å². The maximum Gasteiger partial charge on any atom is 0.267 e. The summed E-state index contributed by atoms with van der Waals surface area (Å²) < 4.78 is 13.2. The van der Waals surface area contributed by atoms with E-state index in [2.05, 4.69) is 4.98 Å². The van der Waals surface area contributed by atoms with Gasteiger partial charge in [-0.15, -0.1) is 0 Å². The Labute approximate surface area is 79.4 Å². The number of hydrogen-bond acceptors (Lipinski definition) is 2. The van der Waals surface area contributed by atoms with Crippen molar-refractivity contribution >= 4 is 16.7 Å². The summed E-state index contributed by atoms with van der Waals surface area (Å²) in [6.45, 7) is 0. The normalized spacial score (nSPS) is 10.4. The van der Waals surface area contributed by atoms with Gasteiger partial charge in [0.25, 0.3) is 5.91 Å². The number of rotatable bonds is 1. The lowest BCUT2D eigenvalue weighted by Crippen LogP contribution is -2.13. The van der Waals surface area contributed by atoms with Gasteiger partial charge >= 0.3 is 0 Å². The van der Waals surface area contributed by atoms with Crippen molar-refractivity contribution in [3.8, 4) is 0 Å². The van der Waals surface area contributed by atoms with Crippen LogP contribution in [0.2, 0.25) is 0 Å². The Morgan fingerprint density at radius 1 is 1.29 bits per heavy atom. The van der Waals surface area contributed by atoms with Gasteiger partial charge in [-0.2, -0.15) is 0 Å². The van der Waals surface area contributed by atoms with Gasteiger partial charge in [0, 0.05) is 17.0 Å². The van der Waals surface area contributed by atoms with Gasteiger partial charge in [0.1, 0.15) is 11.5 Å². The van der Waals surface area contributed by atoms with Gasteiger partial charge in [0.2, 0.25) is 0 Å². The van der Waals surface area contributed by atoms with Crippen molar-refractivity contribution in [3.63, 3.8) is 0 Å². The highest BCUT2D eigenvalue weighted by Crippen LogP contribution is 2.19. The first kappa shape index (κ1) is 8.62. The van der Waals surface area contributed by atoms with Crippen molar-refractivity contribution in [2.75, 3.05) is 0 Å². The molecule has 1 aromatic heterocycles. The minimum atomic E-state index is -0.652. The standard InChI is InChI=1S/C10H7FN2O/c11-8-3-1-2-7-6(8)4-5-13-9(7)10(12)14/h1-5H,(H2,12,14). The van der Waals surface area contributed by atoms with Crippen LogP contribution in [0.4, 0.5) is 4.39 Å². The van der Waals surface area contributed by atoms with Crippen LogP contribution in [-0.2, 0) is 0 Å². The van der Waals surface area contributed by atoms with Crippen LogP contribution in [0.15, 0.2) is 30.5 Å². The average Bonchev–Trinajstić information content (AvgIpc) is 2.17. The molecule has 0 radical (unpaired) electrons. The maximum atomic E-state index is 13.2. The summed E-state index contributed by atoms with van der Waals surface area (Å²) in [4.78, 5) is 14.8. The lowest BCUT2D eigenvalue weighted by molar-refractivity contribution is 0.0997. The number of benzene rings is 1. The first-order valence-electron chi connectivity index (χ1n) is 4.03. The Morgan fingerprint density at radius 2 is 2.07 bits per heavy atom. The van der Waals surface area contributed by atoms with E-state index in [0.29, 0.717) is 10.8 Å². The highest BCUT2D eigenvalue weighted by molar-refractivity contribution is 6.04. The van der Waals surface area contributed by atoms with Crippen molar-refractivity contribution in [2.45, 2.75) is 0 Å². The van der Waals surface area contributed by atoms with Crippen molar-refractivity contribution in [2.24, 2.45) is 5.73 Å². The Hall–Kier alpha value is -1.97. The molecule has 1 amide bonds. The molecule has 2 rings (SSSR count). The highest BCUT2D eigenvalue weighted by atomic mass is 19.1. The molecule has 4 heteroatoms. The smallest absolute Gasteiger partial charge is 0.267 e.